The highest BCUT2D eigenvalue weighted by atomic mass is 32.1. The maximum absolute atomic E-state index is 12.4. The van der Waals surface area contributed by atoms with E-state index in [0.717, 1.165) is 54.5 Å². The first kappa shape index (κ1) is 13.8. The summed E-state index contributed by atoms with van der Waals surface area (Å²) in [5, 5.41) is 7.91. The number of aromatic nitrogens is 4. The second kappa shape index (κ2) is 5.77. The second-order valence-electron chi connectivity index (χ2n) is 5.75. The van der Waals surface area contributed by atoms with Gasteiger partial charge in [0.15, 0.2) is 5.82 Å². The van der Waals surface area contributed by atoms with Crippen LogP contribution in [0.2, 0.25) is 0 Å². The number of nitrogens with one attached hydrogen (secondary N) is 1. The first-order valence-corrected chi connectivity index (χ1v) is 8.28. The van der Waals surface area contributed by atoms with E-state index in [-0.39, 0.29) is 17.6 Å². The molecular weight excluding hydrogens is 302 g/mol. The van der Waals surface area contributed by atoms with E-state index >= 15 is 0 Å². The molecule has 0 aromatic carbocycles. The summed E-state index contributed by atoms with van der Waals surface area (Å²) >= 11 is 1.15. The molecule has 2 aromatic rings. The van der Waals surface area contributed by atoms with E-state index in [1.807, 2.05) is 0 Å². The van der Waals surface area contributed by atoms with E-state index in [9.17, 15) is 4.79 Å². The normalized spacial score (nSPS) is 24.2. The van der Waals surface area contributed by atoms with Crippen LogP contribution in [-0.2, 0) is 17.6 Å². The van der Waals surface area contributed by atoms with Crippen molar-refractivity contribution < 1.29 is 4.74 Å². The highest BCUT2D eigenvalue weighted by Crippen LogP contribution is 2.23. The molecule has 2 aliphatic rings. The monoisotopic (exact) mass is 319 g/mol. The molecular formula is C14H17N5O2S. The summed E-state index contributed by atoms with van der Waals surface area (Å²) in [6.07, 6.45) is 5.89. The van der Waals surface area contributed by atoms with Gasteiger partial charge in [0.25, 0.3) is 5.56 Å². The van der Waals surface area contributed by atoms with Gasteiger partial charge in [-0.25, -0.2) is 4.68 Å². The number of rotatable bonds is 3. The molecule has 3 heterocycles. The van der Waals surface area contributed by atoms with Crippen LogP contribution in [0.25, 0.3) is 0 Å². The molecule has 116 valence electrons. The summed E-state index contributed by atoms with van der Waals surface area (Å²) in [4.78, 5) is 12.4. The van der Waals surface area contributed by atoms with Crippen molar-refractivity contribution in [2.45, 2.75) is 37.8 Å². The first-order valence-electron chi connectivity index (χ1n) is 7.55. The third kappa shape index (κ3) is 2.52. The van der Waals surface area contributed by atoms with Crippen molar-refractivity contribution in [2.75, 3.05) is 18.5 Å². The van der Waals surface area contributed by atoms with Gasteiger partial charge in [-0.1, -0.05) is 0 Å². The third-order valence-corrected chi connectivity index (χ3v) is 4.77. The molecule has 1 fully saturated rings. The molecule has 1 aliphatic heterocycles. The standard InChI is InChI=1S/C14H17N5O2S/c20-14-5-9-3-1-2-4-10(9)17-19(14)12-8-21-7-11(12)16-13-6-15-22-18-13/h5-6,11-12H,1-4,7-8H2,(H,16,18). The van der Waals surface area contributed by atoms with Crippen molar-refractivity contribution in [3.63, 3.8) is 0 Å². The summed E-state index contributed by atoms with van der Waals surface area (Å²) in [6.45, 7) is 1.02. The van der Waals surface area contributed by atoms with E-state index in [1.165, 1.54) is 0 Å². The van der Waals surface area contributed by atoms with Gasteiger partial charge in [0.2, 0.25) is 0 Å². The van der Waals surface area contributed by atoms with Crippen molar-refractivity contribution >= 4 is 17.5 Å². The second-order valence-corrected chi connectivity index (χ2v) is 6.31. The van der Waals surface area contributed by atoms with Crippen LogP contribution in [0, 0.1) is 0 Å². The van der Waals surface area contributed by atoms with Gasteiger partial charge in [0, 0.05) is 6.07 Å². The zero-order chi connectivity index (χ0) is 14.9. The Morgan fingerprint density at radius 3 is 3.09 bits per heavy atom. The molecule has 0 spiro atoms. The van der Waals surface area contributed by atoms with Gasteiger partial charge >= 0.3 is 0 Å². The van der Waals surface area contributed by atoms with Crippen molar-refractivity contribution in [3.05, 3.63) is 33.9 Å². The Kier molecular flexibility index (Phi) is 3.63. The molecule has 0 saturated carbocycles. The summed E-state index contributed by atoms with van der Waals surface area (Å²) in [5.41, 5.74) is 2.13. The molecule has 7 nitrogen and oxygen atoms in total. The fourth-order valence-corrected chi connectivity index (χ4v) is 3.54. The molecule has 0 radical (unpaired) electrons. The average molecular weight is 319 g/mol. The summed E-state index contributed by atoms with van der Waals surface area (Å²) < 4.78 is 15.3. The van der Waals surface area contributed by atoms with Gasteiger partial charge in [-0.05, 0) is 31.2 Å². The van der Waals surface area contributed by atoms with Crippen LogP contribution >= 0.6 is 11.7 Å². The fourth-order valence-electron chi connectivity index (χ4n) is 3.15. The molecule has 0 amide bonds. The number of fused-ring (bicyclic) bond motifs is 1. The molecule has 0 bridgehead atoms. The minimum atomic E-state index is -0.110. The molecule has 2 unspecified atom stereocenters. The van der Waals surface area contributed by atoms with E-state index in [2.05, 4.69) is 19.2 Å². The molecule has 2 aromatic heterocycles. The zero-order valence-corrected chi connectivity index (χ0v) is 12.9. The van der Waals surface area contributed by atoms with Crippen LogP contribution < -0.4 is 10.9 Å². The largest absolute Gasteiger partial charge is 0.377 e. The first-order chi connectivity index (χ1) is 10.8. The van der Waals surface area contributed by atoms with Gasteiger partial charge < -0.3 is 10.1 Å². The average Bonchev–Trinajstić information content (AvgIpc) is 3.19. The summed E-state index contributed by atoms with van der Waals surface area (Å²) in [5.74, 6) is 0.719. The van der Waals surface area contributed by atoms with Gasteiger partial charge in [0.1, 0.15) is 6.04 Å². The number of hydrogen-bond donors (Lipinski definition) is 1. The van der Waals surface area contributed by atoms with Crippen molar-refractivity contribution in [1.29, 1.82) is 0 Å². The quantitative estimate of drug-likeness (QED) is 0.910. The Morgan fingerprint density at radius 1 is 1.32 bits per heavy atom. The minimum Gasteiger partial charge on any atom is -0.377 e. The Morgan fingerprint density at radius 2 is 2.23 bits per heavy atom. The van der Waals surface area contributed by atoms with Crippen LogP contribution in [0.4, 0.5) is 5.82 Å². The minimum absolute atomic E-state index is 0.0178. The lowest BCUT2D eigenvalue weighted by atomic mass is 9.97. The van der Waals surface area contributed by atoms with Crippen molar-refractivity contribution in [3.8, 4) is 0 Å². The molecule has 1 N–H and O–H groups in total. The number of nitrogens with zero attached hydrogens (tertiary/aromatic N) is 4. The highest BCUT2D eigenvalue weighted by Gasteiger charge is 2.32. The van der Waals surface area contributed by atoms with E-state index < -0.39 is 0 Å². The lowest BCUT2D eigenvalue weighted by Crippen LogP contribution is -2.38. The van der Waals surface area contributed by atoms with Gasteiger partial charge in [0.05, 0.1) is 42.9 Å². The lowest BCUT2D eigenvalue weighted by molar-refractivity contribution is 0.182. The van der Waals surface area contributed by atoms with Gasteiger partial charge in [-0.2, -0.15) is 13.8 Å². The summed E-state index contributed by atoms with van der Waals surface area (Å²) in [6, 6.07) is 1.62. The Hall–Kier alpha value is -1.80. The molecule has 1 aliphatic carbocycles. The molecule has 4 rings (SSSR count). The van der Waals surface area contributed by atoms with Crippen LogP contribution in [0.5, 0.6) is 0 Å². The van der Waals surface area contributed by atoms with E-state index in [1.54, 1.807) is 16.9 Å². The van der Waals surface area contributed by atoms with Gasteiger partial charge in [-0.15, -0.1) is 0 Å². The van der Waals surface area contributed by atoms with Crippen LogP contribution in [0.15, 0.2) is 17.1 Å². The van der Waals surface area contributed by atoms with Crippen LogP contribution in [0.3, 0.4) is 0 Å². The zero-order valence-electron chi connectivity index (χ0n) is 12.1. The highest BCUT2D eigenvalue weighted by molar-refractivity contribution is 6.99. The fraction of sp³-hybridized carbons (Fsp3) is 0.571. The topological polar surface area (TPSA) is 81.9 Å². The Labute approximate surface area is 131 Å². The lowest BCUT2D eigenvalue weighted by Gasteiger charge is -2.22. The Bertz CT molecular complexity index is 715. The molecule has 2 atom stereocenters. The number of hydrogen-bond acceptors (Lipinski definition) is 7. The Balaban J connectivity index is 1.64. The van der Waals surface area contributed by atoms with Gasteiger partial charge in [-0.3, -0.25) is 4.79 Å². The number of anilines is 1. The summed E-state index contributed by atoms with van der Waals surface area (Å²) in [7, 11) is 0. The molecule has 1 saturated heterocycles. The third-order valence-electron chi connectivity index (χ3n) is 4.29. The van der Waals surface area contributed by atoms with Crippen molar-refractivity contribution in [1.82, 2.24) is 18.5 Å². The number of aryl methyl sites for hydroxylation is 2. The maximum Gasteiger partial charge on any atom is 0.267 e. The van der Waals surface area contributed by atoms with E-state index in [4.69, 9.17) is 4.74 Å². The predicted octanol–water partition coefficient (Wildman–Crippen LogP) is 1.03. The number of ether oxygens (including phenoxy) is 1. The van der Waals surface area contributed by atoms with Crippen LogP contribution in [0.1, 0.15) is 30.1 Å². The van der Waals surface area contributed by atoms with Crippen molar-refractivity contribution in [2.24, 2.45) is 0 Å². The van der Waals surface area contributed by atoms with E-state index in [0.29, 0.717) is 13.2 Å². The SMILES string of the molecule is O=c1cc2c(nn1C1COCC1Nc1cnsn1)CCCC2. The maximum atomic E-state index is 12.4. The smallest absolute Gasteiger partial charge is 0.267 e. The van der Waals surface area contributed by atoms with Crippen LogP contribution in [-0.4, -0.2) is 37.8 Å². The molecule has 22 heavy (non-hydrogen) atoms. The predicted molar refractivity (Wildman–Crippen MR) is 82.3 cm³/mol. The molecule has 8 heteroatoms.